The van der Waals surface area contributed by atoms with Gasteiger partial charge in [-0.2, -0.15) is 0 Å². The van der Waals surface area contributed by atoms with Crippen molar-refractivity contribution >= 4 is 23.0 Å². The molecule has 1 aromatic carbocycles. The first-order valence-corrected chi connectivity index (χ1v) is 6.84. The van der Waals surface area contributed by atoms with Crippen LogP contribution in [0.4, 0.5) is 10.1 Å². The number of ether oxygens (including phenoxy) is 1. The SMILES string of the molecule is Cc1ccc(NC(=S)N2C[C@@H](C)O[C@@H](C)C2)cc1F. The lowest BCUT2D eigenvalue weighted by atomic mass is 10.2. The van der Waals surface area contributed by atoms with Crippen LogP contribution < -0.4 is 5.32 Å². The predicted molar refractivity (Wildman–Crippen MR) is 78.9 cm³/mol. The summed E-state index contributed by atoms with van der Waals surface area (Å²) < 4.78 is 19.1. The number of thiocarbonyl (C=S) groups is 1. The molecular formula is C14H19FN2OS. The summed E-state index contributed by atoms with van der Waals surface area (Å²) in [6.07, 6.45) is 0.302. The molecule has 2 rings (SSSR count). The fourth-order valence-electron chi connectivity index (χ4n) is 2.22. The highest BCUT2D eigenvalue weighted by Gasteiger charge is 2.23. The second-order valence-electron chi connectivity index (χ2n) is 5.06. The number of anilines is 1. The molecule has 5 heteroatoms. The van der Waals surface area contributed by atoms with Crippen LogP contribution >= 0.6 is 12.2 Å². The molecule has 1 heterocycles. The molecule has 104 valence electrons. The number of halogens is 1. The summed E-state index contributed by atoms with van der Waals surface area (Å²) >= 11 is 5.37. The zero-order chi connectivity index (χ0) is 14.0. The number of rotatable bonds is 1. The van der Waals surface area contributed by atoms with E-state index in [1.165, 1.54) is 6.07 Å². The van der Waals surface area contributed by atoms with E-state index in [1.807, 2.05) is 19.9 Å². The Morgan fingerprint density at radius 3 is 2.58 bits per heavy atom. The van der Waals surface area contributed by atoms with Crippen molar-refractivity contribution in [2.24, 2.45) is 0 Å². The minimum atomic E-state index is -0.225. The predicted octanol–water partition coefficient (Wildman–Crippen LogP) is 2.94. The highest BCUT2D eigenvalue weighted by molar-refractivity contribution is 7.80. The molecule has 2 atom stereocenters. The summed E-state index contributed by atoms with van der Waals surface area (Å²) in [6.45, 7) is 7.30. The number of nitrogens with zero attached hydrogens (tertiary/aromatic N) is 1. The number of hydrogen-bond donors (Lipinski definition) is 1. The van der Waals surface area contributed by atoms with Crippen LogP contribution in [-0.2, 0) is 4.74 Å². The van der Waals surface area contributed by atoms with Crippen molar-refractivity contribution in [1.29, 1.82) is 0 Å². The maximum Gasteiger partial charge on any atom is 0.173 e. The molecular weight excluding hydrogens is 263 g/mol. The molecule has 1 N–H and O–H groups in total. The van der Waals surface area contributed by atoms with Crippen LogP contribution in [0.25, 0.3) is 0 Å². The Labute approximate surface area is 118 Å². The van der Waals surface area contributed by atoms with Gasteiger partial charge >= 0.3 is 0 Å². The van der Waals surface area contributed by atoms with Gasteiger partial charge < -0.3 is 15.0 Å². The van der Waals surface area contributed by atoms with E-state index < -0.39 is 0 Å². The molecule has 0 saturated carbocycles. The van der Waals surface area contributed by atoms with E-state index in [9.17, 15) is 4.39 Å². The molecule has 1 aliphatic rings. The van der Waals surface area contributed by atoms with Gasteiger partial charge in [0.25, 0.3) is 0 Å². The lowest BCUT2D eigenvalue weighted by Gasteiger charge is -2.36. The number of aryl methyl sites for hydroxylation is 1. The summed E-state index contributed by atoms with van der Waals surface area (Å²) in [5.41, 5.74) is 1.31. The molecule has 0 unspecified atom stereocenters. The van der Waals surface area contributed by atoms with E-state index in [-0.39, 0.29) is 18.0 Å². The Morgan fingerprint density at radius 1 is 1.37 bits per heavy atom. The van der Waals surface area contributed by atoms with Crippen LogP contribution in [0.2, 0.25) is 0 Å². The van der Waals surface area contributed by atoms with Gasteiger partial charge in [-0.1, -0.05) is 6.07 Å². The maximum atomic E-state index is 13.5. The third-order valence-electron chi connectivity index (χ3n) is 3.13. The van der Waals surface area contributed by atoms with Crippen molar-refractivity contribution in [1.82, 2.24) is 4.90 Å². The van der Waals surface area contributed by atoms with Crippen molar-refractivity contribution in [3.63, 3.8) is 0 Å². The largest absolute Gasteiger partial charge is 0.372 e. The van der Waals surface area contributed by atoms with Gasteiger partial charge in [-0.15, -0.1) is 0 Å². The lowest BCUT2D eigenvalue weighted by Crippen LogP contribution is -2.49. The van der Waals surface area contributed by atoms with Crippen molar-refractivity contribution in [2.45, 2.75) is 33.0 Å². The summed E-state index contributed by atoms with van der Waals surface area (Å²) in [5.74, 6) is -0.225. The van der Waals surface area contributed by atoms with Gasteiger partial charge in [-0.05, 0) is 50.7 Å². The Bertz CT molecular complexity index is 471. The minimum absolute atomic E-state index is 0.151. The smallest absolute Gasteiger partial charge is 0.173 e. The van der Waals surface area contributed by atoms with E-state index in [4.69, 9.17) is 17.0 Å². The van der Waals surface area contributed by atoms with Gasteiger partial charge in [0, 0.05) is 18.8 Å². The van der Waals surface area contributed by atoms with Crippen molar-refractivity contribution in [3.05, 3.63) is 29.6 Å². The van der Waals surface area contributed by atoms with E-state index in [0.29, 0.717) is 16.4 Å². The zero-order valence-electron chi connectivity index (χ0n) is 11.4. The normalized spacial score (nSPS) is 23.3. The van der Waals surface area contributed by atoms with Crippen LogP contribution in [-0.4, -0.2) is 35.3 Å². The first-order chi connectivity index (χ1) is 8.95. The summed E-state index contributed by atoms with van der Waals surface area (Å²) in [6, 6.07) is 5.04. The first-order valence-electron chi connectivity index (χ1n) is 6.43. The van der Waals surface area contributed by atoms with Crippen molar-refractivity contribution in [3.8, 4) is 0 Å². The van der Waals surface area contributed by atoms with Crippen LogP contribution in [0.1, 0.15) is 19.4 Å². The molecule has 0 spiro atoms. The molecule has 1 saturated heterocycles. The second kappa shape index (κ2) is 5.84. The fraction of sp³-hybridized carbons (Fsp3) is 0.500. The number of hydrogen-bond acceptors (Lipinski definition) is 2. The van der Waals surface area contributed by atoms with Gasteiger partial charge in [0.1, 0.15) is 5.82 Å². The molecule has 0 radical (unpaired) electrons. The molecule has 19 heavy (non-hydrogen) atoms. The topological polar surface area (TPSA) is 24.5 Å². The quantitative estimate of drug-likeness (QED) is 0.800. The Morgan fingerprint density at radius 2 is 2.00 bits per heavy atom. The van der Waals surface area contributed by atoms with Gasteiger partial charge in [0.15, 0.2) is 5.11 Å². The Balaban J connectivity index is 2.02. The Hall–Kier alpha value is -1.20. The molecule has 1 aliphatic heterocycles. The van der Waals surface area contributed by atoms with E-state index in [0.717, 1.165) is 13.1 Å². The molecule has 1 aromatic rings. The lowest BCUT2D eigenvalue weighted by molar-refractivity contribution is -0.0473. The summed E-state index contributed by atoms with van der Waals surface area (Å²) in [5, 5.41) is 3.70. The third-order valence-corrected chi connectivity index (χ3v) is 3.49. The second-order valence-corrected chi connectivity index (χ2v) is 5.44. The standard InChI is InChI=1S/C14H19FN2OS/c1-9-4-5-12(6-13(9)15)16-14(19)17-7-10(2)18-11(3)8-17/h4-6,10-11H,7-8H2,1-3H3,(H,16,19)/t10-,11+. The minimum Gasteiger partial charge on any atom is -0.372 e. The Kier molecular flexibility index (Phi) is 4.37. The van der Waals surface area contributed by atoms with E-state index >= 15 is 0 Å². The average Bonchev–Trinajstić information content (AvgIpc) is 2.32. The maximum absolute atomic E-state index is 13.5. The van der Waals surface area contributed by atoms with Crippen LogP contribution in [0.15, 0.2) is 18.2 Å². The first kappa shape index (κ1) is 14.2. The average molecular weight is 282 g/mol. The molecule has 0 bridgehead atoms. The molecule has 0 amide bonds. The van der Waals surface area contributed by atoms with E-state index in [2.05, 4.69) is 10.2 Å². The van der Waals surface area contributed by atoms with Crippen molar-refractivity contribution < 1.29 is 9.13 Å². The number of benzene rings is 1. The fourth-order valence-corrected chi connectivity index (χ4v) is 2.48. The van der Waals surface area contributed by atoms with Crippen LogP contribution in [0.3, 0.4) is 0 Å². The van der Waals surface area contributed by atoms with Gasteiger partial charge in [-0.3, -0.25) is 0 Å². The highest BCUT2D eigenvalue weighted by atomic mass is 32.1. The van der Waals surface area contributed by atoms with Crippen LogP contribution in [0.5, 0.6) is 0 Å². The molecule has 0 aliphatic carbocycles. The molecule has 3 nitrogen and oxygen atoms in total. The number of morpholine rings is 1. The third kappa shape index (κ3) is 3.64. The monoisotopic (exact) mass is 282 g/mol. The van der Waals surface area contributed by atoms with Gasteiger partial charge in [-0.25, -0.2) is 4.39 Å². The van der Waals surface area contributed by atoms with Crippen molar-refractivity contribution in [2.75, 3.05) is 18.4 Å². The van der Waals surface area contributed by atoms with Gasteiger partial charge in [0.2, 0.25) is 0 Å². The van der Waals surface area contributed by atoms with Gasteiger partial charge in [0.05, 0.1) is 12.2 Å². The zero-order valence-corrected chi connectivity index (χ0v) is 12.3. The number of nitrogens with one attached hydrogen (secondary N) is 1. The van der Waals surface area contributed by atoms with E-state index in [1.54, 1.807) is 13.0 Å². The summed E-state index contributed by atoms with van der Waals surface area (Å²) in [7, 11) is 0. The summed E-state index contributed by atoms with van der Waals surface area (Å²) in [4.78, 5) is 2.06. The van der Waals surface area contributed by atoms with Crippen LogP contribution in [0, 0.1) is 12.7 Å². The molecule has 0 aromatic heterocycles. The molecule has 1 fully saturated rings. The highest BCUT2D eigenvalue weighted by Crippen LogP contribution is 2.16.